The first-order valence-corrected chi connectivity index (χ1v) is 11.2. The monoisotopic (exact) mass is 438 g/mol. The molecular weight excluding hydrogens is 412 g/mol. The van der Waals surface area contributed by atoms with Gasteiger partial charge in [-0.25, -0.2) is 4.98 Å². The average molecular weight is 439 g/mol. The Morgan fingerprint density at radius 2 is 1.91 bits per heavy atom. The fourth-order valence-electron chi connectivity index (χ4n) is 5.23. The molecule has 0 aliphatic carbocycles. The van der Waals surface area contributed by atoms with Crippen LogP contribution in [-0.4, -0.2) is 38.2 Å². The minimum absolute atomic E-state index is 0.0252. The predicted molar refractivity (Wildman–Crippen MR) is 130 cm³/mol. The van der Waals surface area contributed by atoms with Crippen molar-refractivity contribution in [1.29, 1.82) is 0 Å². The zero-order valence-corrected chi connectivity index (χ0v) is 18.7. The summed E-state index contributed by atoms with van der Waals surface area (Å²) in [6.07, 6.45) is 0.960. The molecule has 0 unspecified atom stereocenters. The minimum Gasteiger partial charge on any atom is -0.504 e. The number of phenols is 1. The maximum absolute atomic E-state index is 10.3. The zero-order chi connectivity index (χ0) is 22.5. The number of nitrogens with one attached hydrogen (secondary N) is 1. The second-order valence-corrected chi connectivity index (χ2v) is 8.71. The number of hydrogen-bond acceptors (Lipinski definition) is 4. The van der Waals surface area contributed by atoms with E-state index in [1.807, 2.05) is 18.2 Å². The van der Waals surface area contributed by atoms with E-state index in [1.54, 1.807) is 13.2 Å². The Labute approximate surface area is 192 Å². The van der Waals surface area contributed by atoms with Crippen LogP contribution < -0.4 is 4.74 Å². The number of H-pyrrole nitrogens is 1. The van der Waals surface area contributed by atoms with Gasteiger partial charge in [0.05, 0.1) is 18.1 Å². The number of rotatable bonds is 4. The third-order valence-corrected chi connectivity index (χ3v) is 6.83. The highest BCUT2D eigenvalue weighted by Gasteiger charge is 2.34. The molecule has 1 atom stereocenters. The lowest BCUT2D eigenvalue weighted by Gasteiger charge is -2.35. The average Bonchev–Trinajstić information content (AvgIpc) is 3.37. The van der Waals surface area contributed by atoms with Crippen molar-refractivity contribution in [2.75, 3.05) is 13.7 Å². The van der Waals surface area contributed by atoms with E-state index in [9.17, 15) is 5.11 Å². The van der Waals surface area contributed by atoms with Crippen LogP contribution in [0.5, 0.6) is 11.5 Å². The molecule has 33 heavy (non-hydrogen) atoms. The van der Waals surface area contributed by atoms with Crippen LogP contribution >= 0.6 is 0 Å². The number of imidazole rings is 1. The summed E-state index contributed by atoms with van der Waals surface area (Å²) in [5, 5.41) is 11.6. The standard InChI is InChI=1S/C27H26N4O2/c1-30-22-10-6-5-9-21(22)29-27(30)26-25-19(18-7-3-4-8-20(18)28-25)13-14-31(26)16-17-11-12-24(33-2)23(32)15-17/h3-12,15,26,28,32H,13-14,16H2,1-2H3/t26-/m1/s1. The largest absolute Gasteiger partial charge is 0.504 e. The summed E-state index contributed by atoms with van der Waals surface area (Å²) < 4.78 is 7.44. The molecule has 0 amide bonds. The van der Waals surface area contributed by atoms with Crippen molar-refractivity contribution in [2.24, 2.45) is 7.05 Å². The summed E-state index contributed by atoms with van der Waals surface area (Å²) in [6, 6.07) is 22.4. The Morgan fingerprint density at radius 3 is 2.73 bits per heavy atom. The van der Waals surface area contributed by atoms with Gasteiger partial charge in [0.25, 0.3) is 0 Å². The van der Waals surface area contributed by atoms with Gasteiger partial charge in [-0.15, -0.1) is 0 Å². The van der Waals surface area contributed by atoms with E-state index in [0.717, 1.165) is 40.9 Å². The van der Waals surface area contributed by atoms with Crippen LogP contribution in [0.3, 0.4) is 0 Å². The van der Waals surface area contributed by atoms with Gasteiger partial charge >= 0.3 is 0 Å². The third kappa shape index (κ3) is 3.17. The van der Waals surface area contributed by atoms with Gasteiger partial charge in [0.1, 0.15) is 11.9 Å². The number of nitrogens with zero attached hydrogens (tertiary/aromatic N) is 3. The van der Waals surface area contributed by atoms with Crippen molar-refractivity contribution < 1.29 is 9.84 Å². The molecule has 1 aliphatic rings. The molecule has 1 aliphatic heterocycles. The maximum atomic E-state index is 10.3. The quantitative estimate of drug-likeness (QED) is 0.418. The van der Waals surface area contributed by atoms with Crippen LogP contribution in [-0.2, 0) is 20.0 Å². The number of aromatic hydroxyl groups is 1. The van der Waals surface area contributed by atoms with Crippen molar-refractivity contribution in [3.8, 4) is 11.5 Å². The molecule has 6 heteroatoms. The second-order valence-electron chi connectivity index (χ2n) is 8.71. The molecule has 6 rings (SSSR count). The van der Waals surface area contributed by atoms with E-state index < -0.39 is 0 Å². The molecule has 2 aromatic heterocycles. The number of ether oxygens (including phenoxy) is 1. The van der Waals surface area contributed by atoms with Crippen LogP contribution in [0.4, 0.5) is 0 Å². The summed E-state index contributed by atoms with van der Waals surface area (Å²) in [5.41, 5.74) is 6.90. The van der Waals surface area contributed by atoms with Crippen molar-refractivity contribution >= 4 is 21.9 Å². The lowest BCUT2D eigenvalue weighted by atomic mass is 9.96. The molecule has 0 fully saturated rings. The van der Waals surface area contributed by atoms with Crippen LogP contribution in [0.2, 0.25) is 0 Å². The van der Waals surface area contributed by atoms with Crippen LogP contribution in [0.1, 0.15) is 28.7 Å². The highest BCUT2D eigenvalue weighted by atomic mass is 16.5. The Morgan fingerprint density at radius 1 is 1.09 bits per heavy atom. The van der Waals surface area contributed by atoms with Gasteiger partial charge in [-0.05, 0) is 47.9 Å². The molecule has 3 aromatic carbocycles. The number of aromatic nitrogens is 3. The van der Waals surface area contributed by atoms with Gasteiger partial charge < -0.3 is 19.4 Å². The molecule has 166 valence electrons. The molecular formula is C27H26N4O2. The molecule has 0 saturated heterocycles. The molecule has 0 saturated carbocycles. The Balaban J connectivity index is 1.50. The lowest BCUT2D eigenvalue weighted by molar-refractivity contribution is 0.192. The van der Waals surface area contributed by atoms with E-state index in [2.05, 4.69) is 64.0 Å². The summed E-state index contributed by atoms with van der Waals surface area (Å²) in [4.78, 5) is 11.2. The number of phenolic OH excluding ortho intramolecular Hbond substituents is 1. The number of hydrogen-bond donors (Lipinski definition) is 2. The van der Waals surface area contributed by atoms with Gasteiger partial charge in [0, 0.05) is 36.7 Å². The summed E-state index contributed by atoms with van der Waals surface area (Å²) in [7, 11) is 3.66. The van der Waals surface area contributed by atoms with Crippen molar-refractivity contribution in [3.63, 3.8) is 0 Å². The fraction of sp³-hybridized carbons (Fsp3) is 0.222. The van der Waals surface area contributed by atoms with E-state index in [0.29, 0.717) is 12.3 Å². The highest BCUT2D eigenvalue weighted by molar-refractivity contribution is 5.85. The highest BCUT2D eigenvalue weighted by Crippen LogP contribution is 2.40. The minimum atomic E-state index is -0.0252. The van der Waals surface area contributed by atoms with Crippen LogP contribution in [0.15, 0.2) is 66.7 Å². The van der Waals surface area contributed by atoms with E-state index in [4.69, 9.17) is 9.72 Å². The smallest absolute Gasteiger partial charge is 0.160 e. The van der Waals surface area contributed by atoms with Crippen LogP contribution in [0, 0.1) is 0 Å². The number of para-hydroxylation sites is 3. The Hall–Kier alpha value is -3.77. The fourth-order valence-corrected chi connectivity index (χ4v) is 5.23. The number of benzene rings is 3. The summed E-state index contributed by atoms with van der Waals surface area (Å²) in [6.45, 7) is 1.59. The molecule has 5 aromatic rings. The normalized spacial score (nSPS) is 16.4. The third-order valence-electron chi connectivity index (χ3n) is 6.83. The Bertz CT molecular complexity index is 1480. The van der Waals surface area contributed by atoms with E-state index in [-0.39, 0.29) is 11.8 Å². The zero-order valence-electron chi connectivity index (χ0n) is 18.7. The Kier molecular flexibility index (Phi) is 4.62. The molecule has 6 nitrogen and oxygen atoms in total. The van der Waals surface area contributed by atoms with Gasteiger partial charge in [-0.3, -0.25) is 4.90 Å². The molecule has 0 spiro atoms. The van der Waals surface area contributed by atoms with Gasteiger partial charge in [0.2, 0.25) is 0 Å². The van der Waals surface area contributed by atoms with Crippen LogP contribution in [0.25, 0.3) is 21.9 Å². The number of methoxy groups -OCH3 is 1. The predicted octanol–water partition coefficient (Wildman–Crippen LogP) is 4.92. The van der Waals surface area contributed by atoms with E-state index in [1.165, 1.54) is 16.6 Å². The SMILES string of the molecule is COc1ccc(CN2CCc3c([nH]c4ccccc34)[C@@H]2c2nc3ccccc3n2C)cc1O. The molecule has 0 bridgehead atoms. The molecule has 2 N–H and O–H groups in total. The summed E-state index contributed by atoms with van der Waals surface area (Å²) in [5.74, 6) is 1.67. The molecule has 0 radical (unpaired) electrons. The summed E-state index contributed by atoms with van der Waals surface area (Å²) >= 11 is 0. The first kappa shape index (κ1) is 19.9. The number of fused-ring (bicyclic) bond motifs is 4. The van der Waals surface area contributed by atoms with Gasteiger partial charge in [-0.2, -0.15) is 0 Å². The van der Waals surface area contributed by atoms with Crippen molar-refractivity contribution in [3.05, 3.63) is 89.4 Å². The van der Waals surface area contributed by atoms with Crippen molar-refractivity contribution in [2.45, 2.75) is 19.0 Å². The number of aryl methyl sites for hydroxylation is 1. The topological polar surface area (TPSA) is 66.3 Å². The molecule has 3 heterocycles. The van der Waals surface area contributed by atoms with Gasteiger partial charge in [-0.1, -0.05) is 36.4 Å². The first-order chi connectivity index (χ1) is 16.1. The first-order valence-electron chi connectivity index (χ1n) is 11.2. The van der Waals surface area contributed by atoms with Crippen molar-refractivity contribution in [1.82, 2.24) is 19.4 Å². The maximum Gasteiger partial charge on any atom is 0.160 e. The second kappa shape index (κ2) is 7.67. The van der Waals surface area contributed by atoms with E-state index >= 15 is 0 Å². The number of aromatic amines is 1. The van der Waals surface area contributed by atoms with Gasteiger partial charge in [0.15, 0.2) is 11.5 Å². The lowest BCUT2D eigenvalue weighted by Crippen LogP contribution is -2.37.